The first kappa shape index (κ1) is 21.4. The molecule has 0 saturated heterocycles. The van der Waals surface area contributed by atoms with Crippen LogP contribution in [-0.4, -0.2) is 44.9 Å². The van der Waals surface area contributed by atoms with Gasteiger partial charge in [0.1, 0.15) is 11.6 Å². The Morgan fingerprint density at radius 1 is 1.07 bits per heavy atom. The second-order valence-electron chi connectivity index (χ2n) is 5.81. The maximum Gasteiger partial charge on any atom is 0.262 e. The van der Waals surface area contributed by atoms with Crippen LogP contribution in [0.25, 0.3) is 0 Å². The Bertz CT molecular complexity index is 947. The number of hydrogen-bond donors (Lipinski definition) is 2. The first-order chi connectivity index (χ1) is 13.3. The largest absolute Gasteiger partial charge is 0.483 e. The fraction of sp³-hybridized carbons (Fsp3) is 0.263. The van der Waals surface area contributed by atoms with Crippen molar-refractivity contribution in [2.75, 3.05) is 30.0 Å². The number of amides is 2. The van der Waals surface area contributed by atoms with Gasteiger partial charge in [0.15, 0.2) is 16.4 Å². The summed E-state index contributed by atoms with van der Waals surface area (Å²) in [7, 11) is -3.19. The lowest BCUT2D eigenvalue weighted by Crippen LogP contribution is -2.30. The van der Waals surface area contributed by atoms with Crippen LogP contribution in [0.1, 0.15) is 17.3 Å². The molecule has 2 aromatic rings. The van der Waals surface area contributed by atoms with E-state index in [0.29, 0.717) is 0 Å². The number of sulfone groups is 1. The monoisotopic (exact) mass is 408 g/mol. The van der Waals surface area contributed by atoms with Gasteiger partial charge in [0.05, 0.1) is 17.0 Å². The second kappa shape index (κ2) is 9.84. The molecule has 0 aliphatic heterocycles. The number of rotatable bonds is 9. The van der Waals surface area contributed by atoms with E-state index >= 15 is 0 Å². The van der Waals surface area contributed by atoms with E-state index in [9.17, 15) is 22.4 Å². The smallest absolute Gasteiger partial charge is 0.262 e. The predicted molar refractivity (Wildman–Crippen MR) is 104 cm³/mol. The van der Waals surface area contributed by atoms with Crippen molar-refractivity contribution < 1.29 is 27.1 Å². The maximum absolute atomic E-state index is 13.6. The molecule has 0 bridgehead atoms. The molecule has 9 heteroatoms. The summed E-state index contributed by atoms with van der Waals surface area (Å²) in [5, 5.41) is 4.90. The molecule has 0 spiro atoms. The van der Waals surface area contributed by atoms with Crippen LogP contribution in [0.2, 0.25) is 0 Å². The van der Waals surface area contributed by atoms with E-state index in [1.165, 1.54) is 37.3 Å². The SMILES string of the molecule is CCS(=O)(=O)CCNC(=O)c1ccccc1OCC(=O)Nc1ccccc1F. The van der Waals surface area contributed by atoms with Crippen molar-refractivity contribution in [1.29, 1.82) is 0 Å². The van der Waals surface area contributed by atoms with Gasteiger partial charge in [-0.3, -0.25) is 9.59 Å². The van der Waals surface area contributed by atoms with Crippen LogP contribution in [0.5, 0.6) is 5.75 Å². The van der Waals surface area contributed by atoms with E-state index < -0.39 is 34.1 Å². The van der Waals surface area contributed by atoms with E-state index in [4.69, 9.17) is 4.74 Å². The Morgan fingerprint density at radius 3 is 2.46 bits per heavy atom. The summed E-state index contributed by atoms with van der Waals surface area (Å²) in [6.07, 6.45) is 0. The molecule has 0 saturated carbocycles. The molecular formula is C19H21FN2O5S. The molecule has 0 fully saturated rings. The molecule has 0 heterocycles. The molecule has 0 aliphatic rings. The summed E-state index contributed by atoms with van der Waals surface area (Å²) in [6, 6.07) is 12.0. The lowest BCUT2D eigenvalue weighted by atomic mass is 10.2. The van der Waals surface area contributed by atoms with Crippen LogP contribution in [0.4, 0.5) is 10.1 Å². The molecule has 0 atom stereocenters. The molecule has 2 amide bonds. The molecule has 28 heavy (non-hydrogen) atoms. The molecule has 150 valence electrons. The van der Waals surface area contributed by atoms with Gasteiger partial charge in [0, 0.05) is 12.3 Å². The van der Waals surface area contributed by atoms with Gasteiger partial charge in [0.2, 0.25) is 0 Å². The average molecular weight is 408 g/mol. The summed E-state index contributed by atoms with van der Waals surface area (Å²) in [6.45, 7) is 1.08. The molecule has 0 aromatic heterocycles. The number of carbonyl (C=O) groups is 2. The van der Waals surface area contributed by atoms with Crippen LogP contribution in [0.3, 0.4) is 0 Å². The van der Waals surface area contributed by atoms with E-state index in [1.807, 2.05) is 0 Å². The lowest BCUT2D eigenvalue weighted by molar-refractivity contribution is -0.118. The highest BCUT2D eigenvalue weighted by Gasteiger charge is 2.15. The van der Waals surface area contributed by atoms with Crippen molar-refractivity contribution in [3.05, 3.63) is 59.9 Å². The van der Waals surface area contributed by atoms with Gasteiger partial charge in [-0.05, 0) is 24.3 Å². The second-order valence-corrected chi connectivity index (χ2v) is 8.28. The standard InChI is InChI=1S/C19H21FN2O5S/c1-2-28(25,26)12-11-21-19(24)14-7-3-6-10-17(14)27-13-18(23)22-16-9-5-4-8-15(16)20/h3-10H,2,11-13H2,1H3,(H,21,24)(H,22,23). The number of nitrogens with one attached hydrogen (secondary N) is 2. The third-order valence-corrected chi connectivity index (χ3v) is 5.48. The fourth-order valence-electron chi connectivity index (χ4n) is 2.23. The van der Waals surface area contributed by atoms with E-state index in [2.05, 4.69) is 10.6 Å². The Kier molecular flexibility index (Phi) is 7.51. The van der Waals surface area contributed by atoms with Crippen LogP contribution in [-0.2, 0) is 14.6 Å². The van der Waals surface area contributed by atoms with Crippen LogP contribution < -0.4 is 15.4 Å². The van der Waals surface area contributed by atoms with Crippen molar-refractivity contribution in [2.45, 2.75) is 6.92 Å². The summed E-state index contributed by atoms with van der Waals surface area (Å²) in [5.74, 6) is -1.69. The lowest BCUT2D eigenvalue weighted by Gasteiger charge is -2.12. The number of halogens is 1. The molecule has 0 aliphatic carbocycles. The highest BCUT2D eigenvalue weighted by molar-refractivity contribution is 7.91. The quantitative estimate of drug-likeness (QED) is 0.661. The van der Waals surface area contributed by atoms with E-state index in [0.717, 1.165) is 0 Å². The molecule has 2 rings (SSSR count). The van der Waals surface area contributed by atoms with Gasteiger partial charge >= 0.3 is 0 Å². The van der Waals surface area contributed by atoms with Crippen molar-refractivity contribution in [3.8, 4) is 5.75 Å². The Balaban J connectivity index is 1.95. The Morgan fingerprint density at radius 2 is 1.75 bits per heavy atom. The average Bonchev–Trinajstić information content (AvgIpc) is 2.68. The third kappa shape index (κ3) is 6.34. The normalized spacial score (nSPS) is 10.9. The fourth-order valence-corrected chi connectivity index (χ4v) is 2.93. The highest BCUT2D eigenvalue weighted by atomic mass is 32.2. The summed E-state index contributed by atoms with van der Waals surface area (Å²) >= 11 is 0. The highest BCUT2D eigenvalue weighted by Crippen LogP contribution is 2.18. The summed E-state index contributed by atoms with van der Waals surface area (Å²) < 4.78 is 41.9. The van der Waals surface area contributed by atoms with E-state index in [-0.39, 0.29) is 35.1 Å². The predicted octanol–water partition coefficient (Wildman–Crippen LogP) is 2.01. The maximum atomic E-state index is 13.6. The minimum atomic E-state index is -3.19. The zero-order valence-corrected chi connectivity index (χ0v) is 16.1. The number of carbonyl (C=O) groups excluding carboxylic acids is 2. The van der Waals surface area contributed by atoms with Gasteiger partial charge in [0.25, 0.3) is 11.8 Å². The molecular weight excluding hydrogens is 387 g/mol. The van der Waals surface area contributed by atoms with Crippen LogP contribution in [0.15, 0.2) is 48.5 Å². The Labute approximate surface area is 162 Å². The first-order valence-electron chi connectivity index (χ1n) is 8.57. The minimum absolute atomic E-state index is 0.000309. The number of anilines is 1. The van der Waals surface area contributed by atoms with Crippen molar-refractivity contribution in [1.82, 2.24) is 5.32 Å². The molecule has 0 radical (unpaired) electrons. The summed E-state index contributed by atoms with van der Waals surface area (Å²) in [4.78, 5) is 24.2. The van der Waals surface area contributed by atoms with Crippen LogP contribution >= 0.6 is 0 Å². The van der Waals surface area contributed by atoms with Gasteiger partial charge in [-0.1, -0.05) is 31.2 Å². The zero-order chi connectivity index (χ0) is 20.6. The zero-order valence-electron chi connectivity index (χ0n) is 15.3. The molecule has 2 aromatic carbocycles. The number of para-hydroxylation sites is 2. The minimum Gasteiger partial charge on any atom is -0.483 e. The first-order valence-corrected chi connectivity index (χ1v) is 10.4. The van der Waals surface area contributed by atoms with Crippen molar-refractivity contribution in [3.63, 3.8) is 0 Å². The number of hydrogen-bond acceptors (Lipinski definition) is 5. The van der Waals surface area contributed by atoms with Crippen molar-refractivity contribution >= 4 is 27.3 Å². The van der Waals surface area contributed by atoms with Crippen molar-refractivity contribution in [2.24, 2.45) is 0 Å². The third-order valence-electron chi connectivity index (χ3n) is 3.78. The molecule has 0 unspecified atom stereocenters. The molecule has 2 N–H and O–H groups in total. The number of ether oxygens (including phenoxy) is 1. The van der Waals surface area contributed by atoms with E-state index in [1.54, 1.807) is 18.2 Å². The molecule has 7 nitrogen and oxygen atoms in total. The topological polar surface area (TPSA) is 102 Å². The van der Waals surface area contributed by atoms with Crippen LogP contribution in [0, 0.1) is 5.82 Å². The van der Waals surface area contributed by atoms with Gasteiger partial charge in [-0.2, -0.15) is 0 Å². The Hall–Kier alpha value is -2.94. The van der Waals surface area contributed by atoms with Gasteiger partial charge in [-0.15, -0.1) is 0 Å². The number of benzene rings is 2. The van der Waals surface area contributed by atoms with Gasteiger partial charge in [-0.25, -0.2) is 12.8 Å². The summed E-state index contributed by atoms with van der Waals surface area (Å²) in [5.41, 5.74) is 0.189. The van der Waals surface area contributed by atoms with Gasteiger partial charge < -0.3 is 15.4 Å².